The van der Waals surface area contributed by atoms with Gasteiger partial charge >= 0.3 is 0 Å². The molecule has 2 unspecified atom stereocenters. The van der Waals surface area contributed by atoms with Crippen LogP contribution in [0.1, 0.15) is 32.1 Å². The molecule has 3 heterocycles. The summed E-state index contributed by atoms with van der Waals surface area (Å²) in [7, 11) is 0. The molecule has 0 spiro atoms. The molecule has 0 aromatic rings. The largest absolute Gasteiger partial charge is 0.373 e. The van der Waals surface area contributed by atoms with Crippen LogP contribution in [0.25, 0.3) is 0 Å². The van der Waals surface area contributed by atoms with Crippen molar-refractivity contribution in [2.75, 3.05) is 32.8 Å². The lowest BCUT2D eigenvalue weighted by atomic mass is 10.0. The predicted molar refractivity (Wildman–Crippen MR) is 73.0 cm³/mol. The highest BCUT2D eigenvalue weighted by Crippen LogP contribution is 2.22. The first kappa shape index (κ1) is 13.3. The summed E-state index contributed by atoms with van der Waals surface area (Å²) in [6.07, 6.45) is 6.03. The van der Waals surface area contributed by atoms with Crippen LogP contribution in [0, 0.1) is 0 Å². The lowest BCUT2D eigenvalue weighted by molar-refractivity contribution is -0.125. The molecular formula is C14H25N3O2. The molecule has 1 amide bonds. The second-order valence-electron chi connectivity index (χ2n) is 5.99. The minimum Gasteiger partial charge on any atom is -0.373 e. The standard InChI is InChI=1S/C14H25N3O2/c18-14(13-5-1-2-6-15-13)16-8-12-9-17-7-3-4-11(17)10-19-12/h11-13,15H,1-10H2,(H,16,18)/t11?,12?,13-/m1/s1. The van der Waals surface area contributed by atoms with E-state index < -0.39 is 0 Å². The molecular weight excluding hydrogens is 242 g/mol. The first-order valence-electron chi connectivity index (χ1n) is 7.69. The van der Waals surface area contributed by atoms with Gasteiger partial charge in [-0.1, -0.05) is 6.42 Å². The summed E-state index contributed by atoms with van der Waals surface area (Å²) in [6, 6.07) is 0.642. The number of carbonyl (C=O) groups is 1. The van der Waals surface area contributed by atoms with Crippen molar-refractivity contribution in [2.24, 2.45) is 0 Å². The number of ether oxygens (including phenoxy) is 1. The van der Waals surface area contributed by atoms with Crippen molar-refractivity contribution in [3.63, 3.8) is 0 Å². The van der Waals surface area contributed by atoms with E-state index in [1.54, 1.807) is 0 Å². The summed E-state index contributed by atoms with van der Waals surface area (Å²) in [5.41, 5.74) is 0. The molecule has 108 valence electrons. The maximum atomic E-state index is 12.0. The van der Waals surface area contributed by atoms with E-state index in [1.165, 1.54) is 25.8 Å². The lowest BCUT2D eigenvalue weighted by Gasteiger charge is -2.35. The SMILES string of the molecule is O=C(NCC1CN2CCCC2CO1)[C@H]1CCCCN1. The van der Waals surface area contributed by atoms with Gasteiger partial charge in [0.25, 0.3) is 0 Å². The smallest absolute Gasteiger partial charge is 0.237 e. The summed E-state index contributed by atoms with van der Waals surface area (Å²) < 4.78 is 5.85. The number of hydrogen-bond acceptors (Lipinski definition) is 4. The Morgan fingerprint density at radius 3 is 3.11 bits per heavy atom. The Bertz CT molecular complexity index is 318. The molecule has 0 radical (unpaired) electrons. The predicted octanol–water partition coefficient (Wildman–Crippen LogP) is 0.108. The molecule has 0 bridgehead atoms. The molecule has 0 saturated carbocycles. The van der Waals surface area contributed by atoms with Crippen molar-refractivity contribution in [3.05, 3.63) is 0 Å². The molecule has 0 aromatic carbocycles. The average molecular weight is 267 g/mol. The zero-order chi connectivity index (χ0) is 13.1. The van der Waals surface area contributed by atoms with Crippen LogP contribution in [-0.2, 0) is 9.53 Å². The van der Waals surface area contributed by atoms with E-state index in [0.717, 1.165) is 32.5 Å². The zero-order valence-electron chi connectivity index (χ0n) is 11.6. The normalized spacial score (nSPS) is 35.9. The van der Waals surface area contributed by atoms with Crippen LogP contribution >= 0.6 is 0 Å². The van der Waals surface area contributed by atoms with Crippen molar-refractivity contribution in [1.82, 2.24) is 15.5 Å². The molecule has 3 atom stereocenters. The number of nitrogens with zero attached hydrogens (tertiary/aromatic N) is 1. The monoisotopic (exact) mass is 267 g/mol. The highest BCUT2D eigenvalue weighted by molar-refractivity contribution is 5.81. The molecule has 5 nitrogen and oxygen atoms in total. The number of nitrogens with one attached hydrogen (secondary N) is 2. The van der Waals surface area contributed by atoms with Gasteiger partial charge in [0.2, 0.25) is 5.91 Å². The Kier molecular flexibility index (Phi) is 4.35. The fourth-order valence-electron chi connectivity index (χ4n) is 3.42. The fraction of sp³-hybridized carbons (Fsp3) is 0.929. The van der Waals surface area contributed by atoms with E-state index in [-0.39, 0.29) is 18.1 Å². The lowest BCUT2D eigenvalue weighted by Crippen LogP contribution is -2.53. The summed E-state index contributed by atoms with van der Waals surface area (Å²) in [5.74, 6) is 0.145. The van der Waals surface area contributed by atoms with Gasteiger partial charge in [-0.05, 0) is 38.8 Å². The molecule has 2 N–H and O–H groups in total. The maximum absolute atomic E-state index is 12.0. The quantitative estimate of drug-likeness (QED) is 0.762. The maximum Gasteiger partial charge on any atom is 0.237 e. The van der Waals surface area contributed by atoms with E-state index in [2.05, 4.69) is 15.5 Å². The molecule has 0 aromatic heterocycles. The highest BCUT2D eigenvalue weighted by Gasteiger charge is 2.32. The minimum atomic E-state index is 0.0110. The summed E-state index contributed by atoms with van der Waals surface area (Å²) in [5, 5.41) is 6.33. The summed E-state index contributed by atoms with van der Waals surface area (Å²) >= 11 is 0. The van der Waals surface area contributed by atoms with Crippen LogP contribution in [0.3, 0.4) is 0 Å². The highest BCUT2D eigenvalue weighted by atomic mass is 16.5. The Morgan fingerprint density at radius 1 is 1.32 bits per heavy atom. The molecule has 3 aliphatic rings. The molecule has 3 rings (SSSR count). The third kappa shape index (κ3) is 3.27. The molecule has 3 saturated heterocycles. The average Bonchev–Trinajstić information content (AvgIpc) is 2.93. The number of fused-ring (bicyclic) bond motifs is 1. The molecule has 0 aliphatic carbocycles. The first-order valence-corrected chi connectivity index (χ1v) is 7.69. The Balaban J connectivity index is 1.40. The van der Waals surface area contributed by atoms with E-state index in [9.17, 15) is 4.79 Å². The Hall–Kier alpha value is -0.650. The number of rotatable bonds is 3. The van der Waals surface area contributed by atoms with E-state index >= 15 is 0 Å². The van der Waals surface area contributed by atoms with Gasteiger partial charge < -0.3 is 15.4 Å². The summed E-state index contributed by atoms with van der Waals surface area (Å²) in [6.45, 7) is 4.63. The second kappa shape index (κ2) is 6.20. The molecule has 3 aliphatic heterocycles. The molecule has 5 heteroatoms. The van der Waals surface area contributed by atoms with Crippen LogP contribution in [0.15, 0.2) is 0 Å². The van der Waals surface area contributed by atoms with Crippen molar-refractivity contribution in [1.29, 1.82) is 0 Å². The van der Waals surface area contributed by atoms with Crippen LogP contribution < -0.4 is 10.6 Å². The van der Waals surface area contributed by atoms with Crippen LogP contribution in [-0.4, -0.2) is 61.8 Å². The Morgan fingerprint density at radius 2 is 2.26 bits per heavy atom. The topological polar surface area (TPSA) is 53.6 Å². The number of amides is 1. The zero-order valence-corrected chi connectivity index (χ0v) is 11.6. The van der Waals surface area contributed by atoms with Crippen molar-refractivity contribution < 1.29 is 9.53 Å². The molecule has 3 fully saturated rings. The number of morpholine rings is 1. The van der Waals surface area contributed by atoms with E-state index in [0.29, 0.717) is 12.6 Å². The van der Waals surface area contributed by atoms with Gasteiger partial charge in [-0.2, -0.15) is 0 Å². The number of piperidine rings is 1. The van der Waals surface area contributed by atoms with Crippen molar-refractivity contribution in [3.8, 4) is 0 Å². The van der Waals surface area contributed by atoms with Gasteiger partial charge in [-0.3, -0.25) is 9.69 Å². The first-order chi connectivity index (χ1) is 9.33. The van der Waals surface area contributed by atoms with Gasteiger partial charge in [-0.25, -0.2) is 0 Å². The third-order valence-corrected chi connectivity index (χ3v) is 4.59. The van der Waals surface area contributed by atoms with Gasteiger partial charge in [0.05, 0.1) is 18.8 Å². The van der Waals surface area contributed by atoms with Gasteiger partial charge in [0, 0.05) is 19.1 Å². The Labute approximate surface area is 115 Å². The molecule has 19 heavy (non-hydrogen) atoms. The third-order valence-electron chi connectivity index (χ3n) is 4.59. The van der Waals surface area contributed by atoms with E-state index in [4.69, 9.17) is 4.74 Å². The van der Waals surface area contributed by atoms with Crippen LogP contribution in [0.4, 0.5) is 0 Å². The van der Waals surface area contributed by atoms with Crippen LogP contribution in [0.2, 0.25) is 0 Å². The number of hydrogen-bond donors (Lipinski definition) is 2. The number of carbonyl (C=O) groups excluding carboxylic acids is 1. The van der Waals surface area contributed by atoms with E-state index in [1.807, 2.05) is 0 Å². The second-order valence-corrected chi connectivity index (χ2v) is 5.99. The fourth-order valence-corrected chi connectivity index (χ4v) is 3.42. The van der Waals surface area contributed by atoms with Gasteiger partial charge in [-0.15, -0.1) is 0 Å². The van der Waals surface area contributed by atoms with Gasteiger partial charge in [0.1, 0.15) is 0 Å². The van der Waals surface area contributed by atoms with Crippen molar-refractivity contribution >= 4 is 5.91 Å². The van der Waals surface area contributed by atoms with Crippen molar-refractivity contribution in [2.45, 2.75) is 50.3 Å². The van der Waals surface area contributed by atoms with Gasteiger partial charge in [0.15, 0.2) is 0 Å². The summed E-state index contributed by atoms with van der Waals surface area (Å²) in [4.78, 5) is 14.5. The van der Waals surface area contributed by atoms with Crippen LogP contribution in [0.5, 0.6) is 0 Å². The minimum absolute atomic E-state index is 0.0110.